The van der Waals surface area contributed by atoms with Gasteiger partial charge in [-0.15, -0.1) is 6.58 Å². The molecule has 1 fully saturated rings. The highest BCUT2D eigenvalue weighted by Gasteiger charge is 2.33. The number of phenols is 1. The van der Waals surface area contributed by atoms with E-state index in [9.17, 15) is 9.90 Å². The van der Waals surface area contributed by atoms with Gasteiger partial charge in [-0.3, -0.25) is 4.79 Å². The number of allylic oxidation sites excluding steroid dienone is 2. The molecule has 3 atom stereocenters. The van der Waals surface area contributed by atoms with Crippen LogP contribution < -0.4 is 0 Å². The van der Waals surface area contributed by atoms with E-state index in [1.165, 1.54) is 0 Å². The van der Waals surface area contributed by atoms with Gasteiger partial charge in [0.2, 0.25) is 0 Å². The third-order valence-electron chi connectivity index (χ3n) is 3.96. The summed E-state index contributed by atoms with van der Waals surface area (Å²) in [4.78, 5) is 10.5. The fourth-order valence-corrected chi connectivity index (χ4v) is 2.73. The van der Waals surface area contributed by atoms with Crippen LogP contribution >= 0.6 is 0 Å². The van der Waals surface area contributed by atoms with E-state index in [2.05, 4.69) is 6.58 Å². The van der Waals surface area contributed by atoms with Gasteiger partial charge in [-0.2, -0.15) is 0 Å². The van der Waals surface area contributed by atoms with Gasteiger partial charge in [0.15, 0.2) is 6.29 Å². The van der Waals surface area contributed by atoms with Crippen molar-refractivity contribution in [2.24, 2.45) is 5.92 Å². The van der Waals surface area contributed by atoms with E-state index in [4.69, 9.17) is 14.6 Å². The van der Waals surface area contributed by atoms with Crippen molar-refractivity contribution in [1.82, 2.24) is 0 Å². The molecule has 130 valence electrons. The first-order chi connectivity index (χ1) is 11.6. The van der Waals surface area contributed by atoms with Gasteiger partial charge in [0.1, 0.15) is 5.75 Å². The highest BCUT2D eigenvalue weighted by atomic mass is 16.7. The molecule has 2 N–H and O–H groups in total. The van der Waals surface area contributed by atoms with Crippen LogP contribution in [0, 0.1) is 5.92 Å². The molecule has 0 amide bonds. The molecule has 0 spiro atoms. The summed E-state index contributed by atoms with van der Waals surface area (Å²) in [6.45, 7) is 4.22. The number of carboxylic acid groups (broad SMARTS) is 1. The number of aromatic hydroxyl groups is 1. The van der Waals surface area contributed by atoms with Crippen molar-refractivity contribution in [3.05, 3.63) is 54.6 Å². The molecule has 2 rings (SSSR count). The summed E-state index contributed by atoms with van der Waals surface area (Å²) in [7, 11) is 0. The molecular weight excluding hydrogens is 308 g/mol. The largest absolute Gasteiger partial charge is 0.508 e. The molecule has 0 radical (unpaired) electrons. The molecule has 1 saturated heterocycles. The fourth-order valence-electron chi connectivity index (χ4n) is 2.73. The topological polar surface area (TPSA) is 76.0 Å². The Labute approximate surface area is 142 Å². The number of para-hydroxylation sites is 1. The van der Waals surface area contributed by atoms with Gasteiger partial charge in [0, 0.05) is 24.3 Å². The van der Waals surface area contributed by atoms with Crippen LogP contribution in [0.3, 0.4) is 0 Å². The van der Waals surface area contributed by atoms with E-state index in [1.54, 1.807) is 18.2 Å². The van der Waals surface area contributed by atoms with E-state index >= 15 is 0 Å². The summed E-state index contributed by atoms with van der Waals surface area (Å²) in [6.07, 6.45) is 6.85. The van der Waals surface area contributed by atoms with Crippen LogP contribution in [0.2, 0.25) is 0 Å². The Kier molecular flexibility index (Phi) is 7.03. The number of hydrogen-bond donors (Lipinski definition) is 2. The number of phenolic OH excluding ortho intramolecular Hbond substituents is 1. The van der Waals surface area contributed by atoms with E-state index in [-0.39, 0.29) is 30.5 Å². The smallest absolute Gasteiger partial charge is 0.303 e. The van der Waals surface area contributed by atoms with Gasteiger partial charge in [-0.05, 0) is 18.9 Å². The van der Waals surface area contributed by atoms with Crippen LogP contribution in [0.4, 0.5) is 0 Å². The van der Waals surface area contributed by atoms with Crippen LogP contribution in [0.15, 0.2) is 49.1 Å². The molecule has 1 aromatic carbocycles. The highest BCUT2D eigenvalue weighted by molar-refractivity contribution is 5.66. The molecule has 24 heavy (non-hydrogen) atoms. The Bertz CT molecular complexity index is 581. The van der Waals surface area contributed by atoms with Crippen LogP contribution in [0.25, 0.3) is 0 Å². The Morgan fingerprint density at radius 3 is 2.79 bits per heavy atom. The molecule has 1 aliphatic heterocycles. The molecule has 3 unspecified atom stereocenters. The second-order valence-electron chi connectivity index (χ2n) is 5.80. The monoisotopic (exact) mass is 332 g/mol. The quantitative estimate of drug-likeness (QED) is 0.708. The minimum absolute atomic E-state index is 0.0560. The van der Waals surface area contributed by atoms with Crippen molar-refractivity contribution in [3.63, 3.8) is 0 Å². The molecule has 1 aliphatic rings. The highest BCUT2D eigenvalue weighted by Crippen LogP contribution is 2.39. The standard InChI is InChI=1S/C19H24O5/c1-2-8-18-23-13-14(9-4-3-5-12-17(21)22)19(24-18)15-10-6-7-11-16(15)20/h2-4,6-7,10-11,14,18-20H,1,5,8-9,12-13H2,(H,21,22)/b4-3-. The number of ether oxygens (including phenoxy) is 2. The van der Waals surface area contributed by atoms with Gasteiger partial charge in [-0.1, -0.05) is 36.4 Å². The lowest BCUT2D eigenvalue weighted by atomic mass is 9.91. The number of aliphatic carboxylic acids is 1. The number of rotatable bonds is 8. The van der Waals surface area contributed by atoms with Crippen molar-refractivity contribution in [1.29, 1.82) is 0 Å². The Balaban J connectivity index is 2.05. The first-order valence-electron chi connectivity index (χ1n) is 8.14. The van der Waals surface area contributed by atoms with Crippen LogP contribution in [-0.4, -0.2) is 29.1 Å². The first-order valence-corrected chi connectivity index (χ1v) is 8.14. The maximum absolute atomic E-state index is 10.5. The van der Waals surface area contributed by atoms with E-state index in [0.29, 0.717) is 25.9 Å². The third-order valence-corrected chi connectivity index (χ3v) is 3.96. The lowest BCUT2D eigenvalue weighted by Crippen LogP contribution is -2.34. The number of hydrogen-bond acceptors (Lipinski definition) is 4. The van der Waals surface area contributed by atoms with Gasteiger partial charge in [0.05, 0.1) is 12.7 Å². The minimum Gasteiger partial charge on any atom is -0.508 e. The number of benzene rings is 1. The molecule has 5 nitrogen and oxygen atoms in total. The van der Waals surface area contributed by atoms with Gasteiger partial charge >= 0.3 is 5.97 Å². The second-order valence-corrected chi connectivity index (χ2v) is 5.80. The Morgan fingerprint density at radius 2 is 2.08 bits per heavy atom. The lowest BCUT2D eigenvalue weighted by Gasteiger charge is -2.36. The van der Waals surface area contributed by atoms with Crippen LogP contribution in [0.1, 0.15) is 37.4 Å². The average molecular weight is 332 g/mol. The predicted octanol–water partition coefficient (Wildman–Crippen LogP) is 3.81. The molecular formula is C19H24O5. The summed E-state index contributed by atoms with van der Waals surface area (Å²) in [5.41, 5.74) is 0.749. The van der Waals surface area contributed by atoms with Crippen molar-refractivity contribution >= 4 is 5.97 Å². The number of carbonyl (C=O) groups is 1. The van der Waals surface area contributed by atoms with Crippen LogP contribution in [-0.2, 0) is 14.3 Å². The van der Waals surface area contributed by atoms with Crippen molar-refractivity contribution in [3.8, 4) is 5.75 Å². The Hall–Kier alpha value is -2.11. The third kappa shape index (κ3) is 5.22. The molecule has 0 aromatic heterocycles. The van der Waals surface area contributed by atoms with E-state index in [1.807, 2.05) is 24.3 Å². The van der Waals surface area contributed by atoms with Crippen molar-refractivity contribution in [2.75, 3.05) is 6.61 Å². The fraction of sp³-hybridized carbons (Fsp3) is 0.421. The summed E-state index contributed by atoms with van der Waals surface area (Å²) < 4.78 is 11.7. The summed E-state index contributed by atoms with van der Waals surface area (Å²) in [5, 5.41) is 18.8. The summed E-state index contributed by atoms with van der Waals surface area (Å²) in [6, 6.07) is 7.16. The zero-order valence-electron chi connectivity index (χ0n) is 13.6. The number of carboxylic acids is 1. The molecule has 0 bridgehead atoms. The SMILES string of the molecule is C=CCC1OCC(C/C=C\CCC(=O)O)C(c2ccccc2O)O1. The van der Waals surface area contributed by atoms with Crippen molar-refractivity contribution in [2.45, 2.75) is 38.1 Å². The molecule has 0 aliphatic carbocycles. The molecule has 1 aromatic rings. The maximum atomic E-state index is 10.5. The molecule has 0 saturated carbocycles. The van der Waals surface area contributed by atoms with Gasteiger partial charge in [0.25, 0.3) is 0 Å². The minimum atomic E-state index is -0.802. The van der Waals surface area contributed by atoms with Gasteiger partial charge < -0.3 is 19.7 Å². The van der Waals surface area contributed by atoms with E-state index < -0.39 is 5.97 Å². The lowest BCUT2D eigenvalue weighted by molar-refractivity contribution is -0.236. The molecule has 5 heteroatoms. The zero-order valence-corrected chi connectivity index (χ0v) is 13.6. The zero-order chi connectivity index (χ0) is 17.4. The van der Waals surface area contributed by atoms with Crippen molar-refractivity contribution < 1.29 is 24.5 Å². The first kappa shape index (κ1) is 18.2. The van der Waals surface area contributed by atoms with E-state index in [0.717, 1.165) is 5.56 Å². The normalized spacial score (nSPS) is 24.1. The van der Waals surface area contributed by atoms with Crippen LogP contribution in [0.5, 0.6) is 5.75 Å². The van der Waals surface area contributed by atoms with Gasteiger partial charge in [-0.25, -0.2) is 0 Å². The predicted molar refractivity (Wildman–Crippen MR) is 90.6 cm³/mol. The average Bonchev–Trinajstić information content (AvgIpc) is 2.56. The maximum Gasteiger partial charge on any atom is 0.303 e. The summed E-state index contributed by atoms with van der Waals surface area (Å²) in [5.74, 6) is -0.537. The summed E-state index contributed by atoms with van der Waals surface area (Å²) >= 11 is 0. The second kappa shape index (κ2) is 9.25. The molecule has 1 heterocycles. The Morgan fingerprint density at radius 1 is 1.29 bits per heavy atom.